The average molecular weight is 332 g/mol. The van der Waals surface area contributed by atoms with E-state index in [-0.39, 0.29) is 6.09 Å². The maximum Gasteiger partial charge on any atom is 0.410 e. The van der Waals surface area contributed by atoms with E-state index in [0.717, 1.165) is 30.8 Å². The summed E-state index contributed by atoms with van der Waals surface area (Å²) in [6, 6.07) is 0. The molecule has 0 bridgehead atoms. The van der Waals surface area contributed by atoms with Crippen LogP contribution in [0.4, 0.5) is 4.79 Å². The molecule has 1 spiro atoms. The zero-order valence-corrected chi connectivity index (χ0v) is 14.0. The molecular weight excluding hydrogens is 306 g/mol. The lowest BCUT2D eigenvalue weighted by molar-refractivity contribution is -0.00158. The topological polar surface area (TPSA) is 29.5 Å². The van der Waals surface area contributed by atoms with E-state index in [2.05, 4.69) is 15.9 Å². The van der Waals surface area contributed by atoms with Crippen molar-refractivity contribution in [2.24, 2.45) is 11.3 Å². The highest BCUT2D eigenvalue weighted by Gasteiger charge is 2.46. The third-order valence-corrected chi connectivity index (χ3v) is 5.32. The summed E-state index contributed by atoms with van der Waals surface area (Å²) < 4.78 is 5.52. The predicted octanol–water partition coefficient (Wildman–Crippen LogP) is 4.20. The Morgan fingerprint density at radius 1 is 1.37 bits per heavy atom. The highest BCUT2D eigenvalue weighted by molar-refractivity contribution is 9.09. The first-order chi connectivity index (χ1) is 8.86. The summed E-state index contributed by atoms with van der Waals surface area (Å²) in [5.74, 6) is 0.720. The van der Waals surface area contributed by atoms with Gasteiger partial charge in [-0.1, -0.05) is 22.4 Å². The second-order valence-electron chi connectivity index (χ2n) is 7.11. The van der Waals surface area contributed by atoms with Crippen molar-refractivity contribution in [1.29, 1.82) is 0 Å². The molecule has 19 heavy (non-hydrogen) atoms. The molecule has 0 radical (unpaired) electrons. The van der Waals surface area contributed by atoms with Gasteiger partial charge in [-0.15, -0.1) is 0 Å². The number of halogens is 1. The fourth-order valence-electron chi connectivity index (χ4n) is 3.63. The predicted molar refractivity (Wildman–Crippen MR) is 80.6 cm³/mol. The summed E-state index contributed by atoms with van der Waals surface area (Å²) in [4.78, 5) is 14.2. The number of carbonyl (C=O) groups excluding carboxylic acids is 1. The van der Waals surface area contributed by atoms with Gasteiger partial charge in [-0.3, -0.25) is 0 Å². The van der Waals surface area contributed by atoms with Crippen LogP contribution in [0.1, 0.15) is 52.9 Å². The number of piperidine rings is 1. The molecule has 1 saturated carbocycles. The SMILES string of the molecule is CC(C)(C)OC(=O)N1CCCC2(CCCC2CBr)C1. The molecule has 2 atom stereocenters. The van der Waals surface area contributed by atoms with Crippen LogP contribution in [0.3, 0.4) is 0 Å². The fraction of sp³-hybridized carbons (Fsp3) is 0.933. The van der Waals surface area contributed by atoms with Crippen molar-refractivity contribution in [1.82, 2.24) is 4.90 Å². The van der Waals surface area contributed by atoms with E-state index in [0.29, 0.717) is 5.41 Å². The van der Waals surface area contributed by atoms with E-state index in [1.54, 1.807) is 0 Å². The van der Waals surface area contributed by atoms with Gasteiger partial charge in [0.05, 0.1) is 0 Å². The Bertz CT molecular complexity index is 340. The zero-order chi connectivity index (χ0) is 14.1. The standard InChI is InChI=1S/C15H26BrNO2/c1-14(2,3)19-13(18)17-9-5-8-15(11-17)7-4-6-12(15)10-16/h12H,4-11H2,1-3H3. The van der Waals surface area contributed by atoms with E-state index in [1.165, 1.54) is 25.7 Å². The van der Waals surface area contributed by atoms with Crippen LogP contribution >= 0.6 is 15.9 Å². The van der Waals surface area contributed by atoms with Crippen LogP contribution < -0.4 is 0 Å². The number of nitrogens with zero attached hydrogens (tertiary/aromatic N) is 1. The lowest BCUT2D eigenvalue weighted by atomic mass is 9.73. The molecule has 0 aromatic carbocycles. The monoisotopic (exact) mass is 331 g/mol. The fourth-order valence-corrected chi connectivity index (χ4v) is 4.64. The van der Waals surface area contributed by atoms with Crippen LogP contribution in [-0.2, 0) is 4.74 Å². The Labute approximate surface area is 125 Å². The Balaban J connectivity index is 2.03. The average Bonchev–Trinajstić information content (AvgIpc) is 2.69. The van der Waals surface area contributed by atoms with Crippen molar-refractivity contribution in [3.8, 4) is 0 Å². The van der Waals surface area contributed by atoms with E-state index in [4.69, 9.17) is 4.74 Å². The largest absolute Gasteiger partial charge is 0.444 e. The van der Waals surface area contributed by atoms with Crippen LogP contribution in [0.2, 0.25) is 0 Å². The first kappa shape index (κ1) is 15.1. The van der Waals surface area contributed by atoms with Gasteiger partial charge < -0.3 is 9.64 Å². The van der Waals surface area contributed by atoms with Crippen molar-refractivity contribution in [3.63, 3.8) is 0 Å². The van der Waals surface area contributed by atoms with Gasteiger partial charge in [-0.2, -0.15) is 0 Å². The van der Waals surface area contributed by atoms with Gasteiger partial charge in [-0.05, 0) is 57.8 Å². The molecule has 1 saturated heterocycles. The van der Waals surface area contributed by atoms with Crippen molar-refractivity contribution < 1.29 is 9.53 Å². The summed E-state index contributed by atoms with van der Waals surface area (Å²) in [6.45, 7) is 7.54. The van der Waals surface area contributed by atoms with Gasteiger partial charge >= 0.3 is 6.09 Å². The number of carbonyl (C=O) groups is 1. The Hall–Kier alpha value is -0.250. The Morgan fingerprint density at radius 2 is 2.05 bits per heavy atom. The first-order valence-electron chi connectivity index (χ1n) is 7.40. The molecule has 110 valence electrons. The van der Waals surface area contributed by atoms with E-state index in [9.17, 15) is 4.79 Å². The summed E-state index contributed by atoms with van der Waals surface area (Å²) >= 11 is 3.66. The van der Waals surface area contributed by atoms with Crippen molar-refractivity contribution >= 4 is 22.0 Å². The third kappa shape index (κ3) is 3.45. The number of amides is 1. The molecule has 0 N–H and O–H groups in total. The summed E-state index contributed by atoms with van der Waals surface area (Å²) in [5, 5.41) is 1.06. The van der Waals surface area contributed by atoms with Crippen molar-refractivity contribution in [2.45, 2.75) is 58.5 Å². The molecule has 0 aromatic heterocycles. The lowest BCUT2D eigenvalue weighted by Crippen LogP contribution is -2.49. The van der Waals surface area contributed by atoms with Gasteiger partial charge in [0.25, 0.3) is 0 Å². The van der Waals surface area contributed by atoms with Gasteiger partial charge in [0.15, 0.2) is 0 Å². The van der Waals surface area contributed by atoms with Crippen molar-refractivity contribution in [3.05, 3.63) is 0 Å². The summed E-state index contributed by atoms with van der Waals surface area (Å²) in [5.41, 5.74) is -0.0507. The smallest absolute Gasteiger partial charge is 0.410 e. The molecule has 1 aliphatic heterocycles. The number of likely N-dealkylation sites (tertiary alicyclic amines) is 1. The second-order valence-corrected chi connectivity index (χ2v) is 7.76. The molecular formula is C15H26BrNO2. The second kappa shape index (κ2) is 5.63. The number of hydrogen-bond acceptors (Lipinski definition) is 2. The number of rotatable bonds is 1. The molecule has 2 aliphatic rings. The molecule has 4 heteroatoms. The highest BCUT2D eigenvalue weighted by atomic mass is 79.9. The molecule has 1 amide bonds. The molecule has 3 nitrogen and oxygen atoms in total. The Morgan fingerprint density at radius 3 is 2.68 bits per heavy atom. The normalized spacial score (nSPS) is 31.8. The van der Waals surface area contributed by atoms with Crippen LogP contribution in [-0.4, -0.2) is 35.0 Å². The quantitative estimate of drug-likeness (QED) is 0.674. The zero-order valence-electron chi connectivity index (χ0n) is 12.4. The van der Waals surface area contributed by atoms with Crippen LogP contribution in [0.5, 0.6) is 0 Å². The van der Waals surface area contributed by atoms with E-state index in [1.807, 2.05) is 25.7 Å². The van der Waals surface area contributed by atoms with Gasteiger partial charge in [-0.25, -0.2) is 4.79 Å². The van der Waals surface area contributed by atoms with Gasteiger partial charge in [0.1, 0.15) is 5.60 Å². The summed E-state index contributed by atoms with van der Waals surface area (Å²) in [7, 11) is 0. The minimum absolute atomic E-state index is 0.133. The number of alkyl halides is 1. The minimum atomic E-state index is -0.397. The van der Waals surface area contributed by atoms with Crippen LogP contribution in [0.15, 0.2) is 0 Å². The third-order valence-electron chi connectivity index (χ3n) is 4.54. The van der Waals surface area contributed by atoms with E-state index < -0.39 is 5.60 Å². The molecule has 1 heterocycles. The van der Waals surface area contributed by atoms with E-state index >= 15 is 0 Å². The molecule has 1 aliphatic carbocycles. The highest BCUT2D eigenvalue weighted by Crippen LogP contribution is 2.49. The Kier molecular flexibility index (Phi) is 4.49. The maximum absolute atomic E-state index is 12.2. The van der Waals surface area contributed by atoms with Gasteiger partial charge in [0.2, 0.25) is 0 Å². The molecule has 2 fully saturated rings. The molecule has 2 rings (SSSR count). The lowest BCUT2D eigenvalue weighted by Gasteiger charge is -2.44. The number of ether oxygens (including phenoxy) is 1. The number of hydrogen-bond donors (Lipinski definition) is 0. The molecule has 0 aromatic rings. The van der Waals surface area contributed by atoms with Crippen molar-refractivity contribution in [2.75, 3.05) is 18.4 Å². The first-order valence-corrected chi connectivity index (χ1v) is 8.52. The minimum Gasteiger partial charge on any atom is -0.444 e. The molecule has 2 unspecified atom stereocenters. The summed E-state index contributed by atoms with van der Waals surface area (Å²) in [6.07, 6.45) is 6.12. The van der Waals surface area contributed by atoms with Crippen LogP contribution in [0.25, 0.3) is 0 Å². The maximum atomic E-state index is 12.2. The van der Waals surface area contributed by atoms with Gasteiger partial charge in [0, 0.05) is 18.4 Å². The van der Waals surface area contributed by atoms with Crippen LogP contribution in [0, 0.1) is 11.3 Å².